The lowest BCUT2D eigenvalue weighted by Gasteiger charge is -2.39. The van der Waals surface area contributed by atoms with Crippen LogP contribution in [-0.2, 0) is 0 Å². The summed E-state index contributed by atoms with van der Waals surface area (Å²) >= 11 is 3.60. The van der Waals surface area contributed by atoms with E-state index in [-0.39, 0.29) is 11.9 Å². The molecule has 1 heterocycles. The van der Waals surface area contributed by atoms with E-state index in [1.54, 1.807) is 6.07 Å². The monoisotopic (exact) mass is 359 g/mol. The lowest BCUT2D eigenvalue weighted by atomic mass is 9.75. The van der Waals surface area contributed by atoms with Gasteiger partial charge in [0.25, 0.3) is 0 Å². The summed E-state index contributed by atoms with van der Waals surface area (Å²) in [5.74, 6) is 1.63. The van der Waals surface area contributed by atoms with Crippen LogP contribution in [0.3, 0.4) is 0 Å². The zero-order valence-corrected chi connectivity index (χ0v) is 14.1. The van der Waals surface area contributed by atoms with E-state index in [2.05, 4.69) is 46.4 Å². The highest BCUT2D eigenvalue weighted by molar-refractivity contribution is 9.10. The van der Waals surface area contributed by atoms with Gasteiger partial charge in [-0.15, -0.1) is 0 Å². The molecule has 2 aromatic carbocycles. The Bertz CT molecular complexity index is 714. The molecule has 4 unspecified atom stereocenters. The second-order valence-corrected chi connectivity index (χ2v) is 7.57. The van der Waals surface area contributed by atoms with Crippen molar-refractivity contribution in [3.05, 3.63) is 63.9 Å². The van der Waals surface area contributed by atoms with Gasteiger partial charge in [-0.3, -0.25) is 0 Å². The molecule has 1 fully saturated rings. The number of anilines is 1. The van der Waals surface area contributed by atoms with Crippen LogP contribution in [0.1, 0.15) is 42.9 Å². The Morgan fingerprint density at radius 2 is 2.00 bits per heavy atom. The van der Waals surface area contributed by atoms with Gasteiger partial charge in [0, 0.05) is 10.2 Å². The number of hydrogen-bond acceptors (Lipinski definition) is 1. The van der Waals surface area contributed by atoms with Gasteiger partial charge in [-0.1, -0.05) is 35.0 Å². The molecule has 4 rings (SSSR count). The van der Waals surface area contributed by atoms with E-state index in [0.717, 1.165) is 10.0 Å². The Kier molecular flexibility index (Phi) is 3.48. The third-order valence-electron chi connectivity index (χ3n) is 5.35. The molecule has 1 aliphatic heterocycles. The van der Waals surface area contributed by atoms with Gasteiger partial charge in [0.05, 0.1) is 6.04 Å². The van der Waals surface area contributed by atoms with Crippen molar-refractivity contribution in [2.75, 3.05) is 5.32 Å². The highest BCUT2D eigenvalue weighted by Gasteiger charge is 2.43. The van der Waals surface area contributed by atoms with Crippen molar-refractivity contribution in [1.82, 2.24) is 0 Å². The Balaban J connectivity index is 1.81. The van der Waals surface area contributed by atoms with Gasteiger partial charge in [-0.25, -0.2) is 4.39 Å². The molecule has 0 radical (unpaired) electrons. The summed E-state index contributed by atoms with van der Waals surface area (Å²) in [6.45, 7) is 2.35. The highest BCUT2D eigenvalue weighted by Crippen LogP contribution is 2.55. The SMILES string of the molecule is CC1CCC2C(c3cccc(F)c3)Nc3ccc(Br)cc3C12. The van der Waals surface area contributed by atoms with Gasteiger partial charge in [-0.2, -0.15) is 0 Å². The molecule has 2 aromatic rings. The summed E-state index contributed by atoms with van der Waals surface area (Å²) in [5, 5.41) is 3.67. The van der Waals surface area contributed by atoms with Crippen molar-refractivity contribution in [2.45, 2.75) is 31.7 Å². The first-order valence-electron chi connectivity index (χ1n) is 7.95. The molecule has 114 valence electrons. The van der Waals surface area contributed by atoms with Gasteiger partial charge in [0.1, 0.15) is 5.82 Å². The summed E-state index contributed by atoms with van der Waals surface area (Å²) in [4.78, 5) is 0. The van der Waals surface area contributed by atoms with Crippen LogP contribution in [0.4, 0.5) is 10.1 Å². The van der Waals surface area contributed by atoms with Crippen molar-refractivity contribution in [1.29, 1.82) is 0 Å². The highest BCUT2D eigenvalue weighted by atomic mass is 79.9. The molecule has 0 saturated heterocycles. The third kappa shape index (κ3) is 2.26. The van der Waals surface area contributed by atoms with Crippen molar-refractivity contribution in [2.24, 2.45) is 11.8 Å². The van der Waals surface area contributed by atoms with E-state index in [9.17, 15) is 4.39 Å². The molecule has 0 amide bonds. The number of benzene rings is 2. The molecule has 0 spiro atoms. The van der Waals surface area contributed by atoms with E-state index < -0.39 is 0 Å². The summed E-state index contributed by atoms with van der Waals surface area (Å²) in [7, 11) is 0. The Hall–Kier alpha value is -1.35. The molecule has 0 aromatic heterocycles. The van der Waals surface area contributed by atoms with Gasteiger partial charge in [0.15, 0.2) is 0 Å². The van der Waals surface area contributed by atoms with Crippen LogP contribution >= 0.6 is 15.9 Å². The summed E-state index contributed by atoms with van der Waals surface area (Å²) in [5.41, 5.74) is 3.68. The molecule has 1 N–H and O–H groups in total. The Morgan fingerprint density at radius 3 is 2.82 bits per heavy atom. The number of nitrogens with one attached hydrogen (secondary N) is 1. The largest absolute Gasteiger partial charge is 0.378 e. The van der Waals surface area contributed by atoms with Crippen LogP contribution < -0.4 is 5.32 Å². The third-order valence-corrected chi connectivity index (χ3v) is 5.84. The molecule has 1 saturated carbocycles. The van der Waals surface area contributed by atoms with Gasteiger partial charge in [0.2, 0.25) is 0 Å². The van der Waals surface area contributed by atoms with E-state index in [1.165, 1.54) is 30.2 Å². The first-order valence-corrected chi connectivity index (χ1v) is 8.74. The first-order chi connectivity index (χ1) is 10.6. The van der Waals surface area contributed by atoms with Crippen LogP contribution in [0.25, 0.3) is 0 Å². The van der Waals surface area contributed by atoms with Crippen LogP contribution in [0, 0.1) is 17.7 Å². The number of hydrogen-bond donors (Lipinski definition) is 1. The fourth-order valence-electron chi connectivity index (χ4n) is 4.39. The van der Waals surface area contributed by atoms with Crippen molar-refractivity contribution in [3.8, 4) is 0 Å². The second kappa shape index (κ2) is 5.38. The second-order valence-electron chi connectivity index (χ2n) is 6.65. The zero-order chi connectivity index (χ0) is 15.3. The van der Waals surface area contributed by atoms with Crippen molar-refractivity contribution < 1.29 is 4.39 Å². The molecule has 1 aliphatic carbocycles. The molecule has 22 heavy (non-hydrogen) atoms. The summed E-state index contributed by atoms with van der Waals surface area (Å²) in [6, 6.07) is 13.7. The average Bonchev–Trinajstić information content (AvgIpc) is 2.89. The predicted octanol–water partition coefficient (Wildman–Crippen LogP) is 5.88. The van der Waals surface area contributed by atoms with E-state index in [4.69, 9.17) is 0 Å². The van der Waals surface area contributed by atoms with Crippen molar-refractivity contribution in [3.63, 3.8) is 0 Å². The number of halogens is 2. The van der Waals surface area contributed by atoms with Gasteiger partial charge < -0.3 is 5.32 Å². The van der Waals surface area contributed by atoms with Gasteiger partial charge >= 0.3 is 0 Å². The Labute approximate surface area is 139 Å². The summed E-state index contributed by atoms with van der Waals surface area (Å²) < 4.78 is 14.8. The topological polar surface area (TPSA) is 12.0 Å². The average molecular weight is 360 g/mol. The van der Waals surface area contributed by atoms with E-state index >= 15 is 0 Å². The van der Waals surface area contributed by atoms with Crippen molar-refractivity contribution >= 4 is 21.6 Å². The predicted molar refractivity (Wildman–Crippen MR) is 91.5 cm³/mol. The lowest BCUT2D eigenvalue weighted by Crippen LogP contribution is -2.30. The minimum Gasteiger partial charge on any atom is -0.378 e. The number of rotatable bonds is 1. The standard InChI is InChI=1S/C19H19BrFN/c1-11-5-7-15-18(11)16-10-13(20)6-8-17(16)22-19(15)12-3-2-4-14(21)9-12/h2-4,6,8-11,15,18-19,22H,5,7H2,1H3. The van der Waals surface area contributed by atoms with Gasteiger partial charge in [-0.05, 0) is 72.1 Å². The molecular formula is C19H19BrFN. The smallest absolute Gasteiger partial charge is 0.123 e. The molecule has 3 heteroatoms. The molecule has 0 bridgehead atoms. The van der Waals surface area contributed by atoms with E-state index in [0.29, 0.717) is 17.8 Å². The normalized spacial score (nSPS) is 29.6. The molecule has 1 nitrogen and oxygen atoms in total. The minimum absolute atomic E-state index is 0.150. The van der Waals surface area contributed by atoms with Crippen LogP contribution in [-0.4, -0.2) is 0 Å². The van der Waals surface area contributed by atoms with E-state index in [1.807, 2.05) is 12.1 Å². The fraction of sp³-hybridized carbons (Fsp3) is 0.368. The molecule has 4 atom stereocenters. The summed E-state index contributed by atoms with van der Waals surface area (Å²) in [6.07, 6.45) is 2.45. The minimum atomic E-state index is -0.150. The molecular weight excluding hydrogens is 341 g/mol. The quantitative estimate of drug-likeness (QED) is 0.669. The van der Waals surface area contributed by atoms with Crippen LogP contribution in [0.5, 0.6) is 0 Å². The maximum atomic E-state index is 13.7. The van der Waals surface area contributed by atoms with Crippen LogP contribution in [0.15, 0.2) is 46.9 Å². The Morgan fingerprint density at radius 1 is 1.14 bits per heavy atom. The maximum absolute atomic E-state index is 13.7. The van der Waals surface area contributed by atoms with Crippen LogP contribution in [0.2, 0.25) is 0 Å². The number of fused-ring (bicyclic) bond motifs is 3. The first kappa shape index (κ1) is 14.3. The maximum Gasteiger partial charge on any atom is 0.123 e. The zero-order valence-electron chi connectivity index (χ0n) is 12.5. The fourth-order valence-corrected chi connectivity index (χ4v) is 4.77. The lowest BCUT2D eigenvalue weighted by molar-refractivity contribution is 0.372. The molecule has 2 aliphatic rings.